The number of hydrogen-bond acceptors (Lipinski definition) is 4. The summed E-state index contributed by atoms with van der Waals surface area (Å²) in [6.45, 7) is 3.74. The van der Waals surface area contributed by atoms with Crippen LogP contribution in [0.15, 0.2) is 24.3 Å². The summed E-state index contributed by atoms with van der Waals surface area (Å²) in [5.41, 5.74) is 5.78. The van der Waals surface area contributed by atoms with Gasteiger partial charge >= 0.3 is 10.2 Å². The van der Waals surface area contributed by atoms with Gasteiger partial charge < -0.3 is 10.5 Å². The van der Waals surface area contributed by atoms with Gasteiger partial charge in [-0.1, -0.05) is 12.2 Å². The molecule has 0 saturated carbocycles. The molecule has 0 aliphatic rings. The molecular weight excluding hydrogens is 298 g/mol. The van der Waals surface area contributed by atoms with Crippen molar-refractivity contribution in [1.29, 1.82) is 0 Å². The highest BCUT2D eigenvalue weighted by atomic mass is 32.2. The van der Waals surface area contributed by atoms with Crippen LogP contribution in [0.25, 0.3) is 0 Å². The van der Waals surface area contributed by atoms with Crippen molar-refractivity contribution in [2.75, 3.05) is 18.4 Å². The third-order valence-corrected chi connectivity index (χ3v) is 4.38. The molecule has 20 heavy (non-hydrogen) atoms. The number of ether oxygens (including phenoxy) is 1. The molecule has 8 heteroatoms. The van der Waals surface area contributed by atoms with E-state index in [1.54, 1.807) is 38.1 Å². The molecule has 1 rings (SSSR count). The molecule has 0 bridgehead atoms. The summed E-state index contributed by atoms with van der Waals surface area (Å²) in [5.74, 6) is 0.568. The van der Waals surface area contributed by atoms with Crippen molar-refractivity contribution in [2.24, 2.45) is 5.73 Å². The summed E-state index contributed by atoms with van der Waals surface area (Å²) < 4.78 is 33.0. The Bertz CT molecular complexity index is 556. The fourth-order valence-electron chi connectivity index (χ4n) is 1.27. The minimum absolute atomic E-state index is 0.124. The lowest BCUT2D eigenvalue weighted by Gasteiger charge is -2.21. The zero-order chi connectivity index (χ0) is 15.3. The molecule has 0 heterocycles. The van der Waals surface area contributed by atoms with Gasteiger partial charge in [0.05, 0.1) is 5.69 Å². The predicted octanol–water partition coefficient (Wildman–Crippen LogP) is 1.35. The fourth-order valence-corrected chi connectivity index (χ4v) is 2.46. The van der Waals surface area contributed by atoms with Crippen molar-refractivity contribution in [3.05, 3.63) is 24.3 Å². The van der Waals surface area contributed by atoms with Crippen molar-refractivity contribution in [1.82, 2.24) is 4.31 Å². The second-order valence-corrected chi connectivity index (χ2v) is 6.75. The summed E-state index contributed by atoms with van der Waals surface area (Å²) in [4.78, 5) is 0.258. The van der Waals surface area contributed by atoms with Gasteiger partial charge in [-0.2, -0.15) is 12.7 Å². The van der Waals surface area contributed by atoms with Crippen LogP contribution in [0.4, 0.5) is 5.69 Å². The first-order valence-corrected chi connectivity index (χ1v) is 7.84. The third-order valence-electron chi connectivity index (χ3n) is 2.59. The van der Waals surface area contributed by atoms with E-state index in [9.17, 15) is 8.42 Å². The lowest BCUT2D eigenvalue weighted by molar-refractivity contribution is 0.377. The standard InChI is InChI=1S/C12H19N3O3S2/c1-9(2)15(3)20(16,17)14-10-4-6-11(7-5-10)18-8-12(13)19/h4-7,9,14H,8H2,1-3H3,(H2,13,19). The van der Waals surface area contributed by atoms with Gasteiger partial charge in [-0.25, -0.2) is 0 Å². The minimum Gasteiger partial charge on any atom is -0.487 e. The first-order valence-electron chi connectivity index (χ1n) is 5.99. The highest BCUT2D eigenvalue weighted by Gasteiger charge is 2.20. The SMILES string of the molecule is CC(C)N(C)S(=O)(=O)Nc1ccc(OCC(N)=S)cc1. The normalized spacial score (nSPS) is 11.7. The maximum Gasteiger partial charge on any atom is 0.301 e. The van der Waals surface area contributed by atoms with Crippen LogP contribution in [0.5, 0.6) is 5.75 Å². The molecule has 0 saturated heterocycles. The number of thiocarbonyl (C=S) groups is 1. The Kier molecular flexibility index (Phi) is 5.73. The van der Waals surface area contributed by atoms with Crippen LogP contribution in [0, 0.1) is 0 Å². The molecule has 0 amide bonds. The van der Waals surface area contributed by atoms with E-state index in [1.165, 1.54) is 11.4 Å². The van der Waals surface area contributed by atoms with Gasteiger partial charge in [0.15, 0.2) is 0 Å². The summed E-state index contributed by atoms with van der Waals surface area (Å²) in [7, 11) is -2.03. The average Bonchev–Trinajstić information content (AvgIpc) is 2.36. The third kappa shape index (κ3) is 4.95. The van der Waals surface area contributed by atoms with Crippen molar-refractivity contribution >= 4 is 33.1 Å². The molecule has 3 N–H and O–H groups in total. The zero-order valence-electron chi connectivity index (χ0n) is 11.7. The molecule has 0 spiro atoms. The Morgan fingerprint density at radius 2 is 1.95 bits per heavy atom. The van der Waals surface area contributed by atoms with Gasteiger partial charge in [0.1, 0.15) is 17.3 Å². The highest BCUT2D eigenvalue weighted by Crippen LogP contribution is 2.17. The molecule has 0 aromatic heterocycles. The number of nitrogens with two attached hydrogens (primary N) is 1. The van der Waals surface area contributed by atoms with Gasteiger partial charge in [-0.05, 0) is 38.1 Å². The maximum atomic E-state index is 12.0. The Labute approximate surface area is 125 Å². The van der Waals surface area contributed by atoms with Gasteiger partial charge in [0, 0.05) is 13.1 Å². The number of anilines is 1. The molecule has 0 radical (unpaired) electrons. The largest absolute Gasteiger partial charge is 0.487 e. The maximum absolute atomic E-state index is 12.0. The molecule has 112 valence electrons. The van der Waals surface area contributed by atoms with Crippen molar-refractivity contribution in [3.8, 4) is 5.75 Å². The topological polar surface area (TPSA) is 84.7 Å². The Balaban J connectivity index is 2.72. The van der Waals surface area contributed by atoms with Crippen molar-refractivity contribution in [3.63, 3.8) is 0 Å². The molecule has 1 aromatic rings. The molecule has 0 fully saturated rings. The summed E-state index contributed by atoms with van der Waals surface area (Å²) in [5, 5.41) is 0. The number of hydrogen-bond donors (Lipinski definition) is 2. The summed E-state index contributed by atoms with van der Waals surface area (Å²) in [6.07, 6.45) is 0. The van der Waals surface area contributed by atoms with E-state index in [0.717, 1.165) is 0 Å². The first-order chi connectivity index (χ1) is 9.22. The molecule has 0 aliphatic heterocycles. The van der Waals surface area contributed by atoms with Crippen LogP contribution in [0.2, 0.25) is 0 Å². The van der Waals surface area contributed by atoms with Crippen LogP contribution in [0.1, 0.15) is 13.8 Å². The van der Waals surface area contributed by atoms with E-state index in [-0.39, 0.29) is 17.6 Å². The number of nitrogens with one attached hydrogen (secondary N) is 1. The van der Waals surface area contributed by atoms with Gasteiger partial charge in [0.2, 0.25) is 0 Å². The van der Waals surface area contributed by atoms with Gasteiger partial charge in [0.25, 0.3) is 0 Å². The molecule has 0 aliphatic carbocycles. The van der Waals surface area contributed by atoms with Crippen LogP contribution in [0.3, 0.4) is 0 Å². The van der Waals surface area contributed by atoms with E-state index >= 15 is 0 Å². The van der Waals surface area contributed by atoms with Crippen LogP contribution < -0.4 is 15.2 Å². The minimum atomic E-state index is -3.55. The lowest BCUT2D eigenvalue weighted by atomic mass is 10.3. The van der Waals surface area contributed by atoms with Crippen LogP contribution in [-0.2, 0) is 10.2 Å². The van der Waals surface area contributed by atoms with E-state index in [2.05, 4.69) is 4.72 Å². The lowest BCUT2D eigenvalue weighted by Crippen LogP contribution is -2.37. The van der Waals surface area contributed by atoms with Gasteiger partial charge in [-0.15, -0.1) is 0 Å². The average molecular weight is 317 g/mol. The number of benzene rings is 1. The summed E-state index contributed by atoms with van der Waals surface area (Å²) >= 11 is 4.70. The van der Waals surface area contributed by atoms with Gasteiger partial charge in [-0.3, -0.25) is 4.72 Å². The number of rotatable bonds is 7. The monoisotopic (exact) mass is 317 g/mol. The molecule has 1 aromatic carbocycles. The fraction of sp³-hybridized carbons (Fsp3) is 0.417. The molecule has 0 unspecified atom stereocenters. The first kappa shape index (κ1) is 16.7. The Hall–Kier alpha value is -1.38. The highest BCUT2D eigenvalue weighted by molar-refractivity contribution is 7.90. The molecule has 6 nitrogen and oxygen atoms in total. The quantitative estimate of drug-likeness (QED) is 0.742. The number of nitrogens with zero attached hydrogens (tertiary/aromatic N) is 1. The van der Waals surface area contributed by atoms with Crippen LogP contribution >= 0.6 is 12.2 Å². The smallest absolute Gasteiger partial charge is 0.301 e. The predicted molar refractivity (Wildman–Crippen MR) is 84.2 cm³/mol. The van der Waals surface area contributed by atoms with E-state index in [0.29, 0.717) is 11.4 Å². The van der Waals surface area contributed by atoms with E-state index < -0.39 is 10.2 Å². The second-order valence-electron chi connectivity index (χ2n) is 4.50. The van der Waals surface area contributed by atoms with E-state index in [1.807, 2.05) is 0 Å². The van der Waals surface area contributed by atoms with Crippen molar-refractivity contribution < 1.29 is 13.2 Å². The molecular formula is C12H19N3O3S2. The zero-order valence-corrected chi connectivity index (χ0v) is 13.3. The van der Waals surface area contributed by atoms with E-state index in [4.69, 9.17) is 22.7 Å². The van der Waals surface area contributed by atoms with Crippen LogP contribution in [-0.4, -0.2) is 37.4 Å². The Morgan fingerprint density at radius 3 is 2.40 bits per heavy atom. The Morgan fingerprint density at radius 1 is 1.40 bits per heavy atom. The molecule has 0 atom stereocenters. The van der Waals surface area contributed by atoms with Crippen molar-refractivity contribution in [2.45, 2.75) is 19.9 Å². The summed E-state index contributed by atoms with van der Waals surface area (Å²) in [6, 6.07) is 6.39. The second kappa shape index (κ2) is 6.87.